The molecule has 1 aliphatic rings. The van der Waals surface area contributed by atoms with Gasteiger partial charge in [-0.05, 0) is 0 Å². The van der Waals surface area contributed by atoms with Gasteiger partial charge >= 0.3 is 304 Å². The third-order valence-corrected chi connectivity index (χ3v) is 18.2. The van der Waals surface area contributed by atoms with Crippen LogP contribution in [0, 0.1) is 5.92 Å². The van der Waals surface area contributed by atoms with Gasteiger partial charge in [0.2, 0.25) is 0 Å². The topological polar surface area (TPSA) is 0 Å². The molecule has 0 amide bonds. The fourth-order valence-electron chi connectivity index (χ4n) is 7.26. The number of benzene rings is 3. The molecule has 0 saturated heterocycles. The van der Waals surface area contributed by atoms with Gasteiger partial charge in [0.1, 0.15) is 0 Å². The van der Waals surface area contributed by atoms with Crippen LogP contribution in [0.15, 0.2) is 78.4 Å². The van der Waals surface area contributed by atoms with E-state index in [2.05, 4.69) is 190 Å². The second kappa shape index (κ2) is 18.8. The van der Waals surface area contributed by atoms with E-state index in [0.717, 1.165) is 6.42 Å². The molecule has 0 N–H and O–H groups in total. The summed E-state index contributed by atoms with van der Waals surface area (Å²) in [4.78, 5) is 0. The predicted molar refractivity (Wildman–Crippen MR) is 208 cm³/mol. The SMILES string of the molecule is CCC(C)C1=C[C]([Ti+3])([Si](c2cc(C(C)C)cc(C(C)C)c2)(c2cc(C(C)C)cc(C(C)C)c2)c2cc(C(C)C)cc(C(C)C)c2)C=C1.[Cl-].[Cl-].[Cl-]. The zero-order valence-corrected chi connectivity index (χ0v) is 38.1. The molecule has 5 heteroatoms. The number of rotatable bonds is 12. The third kappa shape index (κ3) is 9.35. The second-order valence-electron chi connectivity index (χ2n) is 16.5. The zero-order chi connectivity index (χ0) is 35.0. The Bertz CT molecular complexity index is 1400. The van der Waals surface area contributed by atoms with Crippen LogP contribution in [0.2, 0.25) is 3.34 Å². The quantitative estimate of drug-likeness (QED) is 0.196. The molecule has 0 aromatic heterocycles. The largest absolute Gasteiger partial charge is 1.00 e. The second-order valence-corrected chi connectivity index (χ2v) is 22.6. The Morgan fingerprint density at radius 2 is 0.740 bits per heavy atom. The molecular weight excluding hydrogens is 723 g/mol. The van der Waals surface area contributed by atoms with Crippen LogP contribution in [0.4, 0.5) is 0 Å². The van der Waals surface area contributed by atoms with E-state index in [1.165, 1.54) is 39.0 Å². The Hall–Kier alpha value is -1.06. The van der Waals surface area contributed by atoms with Crippen molar-refractivity contribution in [3.63, 3.8) is 0 Å². The maximum Gasteiger partial charge on any atom is -1.00 e. The average Bonchev–Trinajstić information content (AvgIpc) is 3.43. The van der Waals surface area contributed by atoms with E-state index in [0.29, 0.717) is 41.4 Å². The van der Waals surface area contributed by atoms with Gasteiger partial charge in [-0.3, -0.25) is 0 Å². The van der Waals surface area contributed by atoms with Crippen LogP contribution in [0.5, 0.6) is 0 Å². The first-order valence-corrected chi connectivity index (χ1v) is 21.4. The molecule has 0 fully saturated rings. The van der Waals surface area contributed by atoms with Crippen LogP contribution in [0.1, 0.15) is 172 Å². The van der Waals surface area contributed by atoms with E-state index in [-0.39, 0.29) is 40.6 Å². The van der Waals surface area contributed by atoms with Crippen LogP contribution in [0.3, 0.4) is 0 Å². The summed E-state index contributed by atoms with van der Waals surface area (Å²) in [6.45, 7) is 33.2. The molecule has 0 nitrogen and oxygen atoms in total. The minimum Gasteiger partial charge on any atom is -1.00 e. The summed E-state index contributed by atoms with van der Waals surface area (Å²) in [5.74, 6) is 3.28. The Morgan fingerprint density at radius 1 is 0.480 bits per heavy atom. The molecule has 1 aliphatic carbocycles. The molecule has 3 aromatic rings. The van der Waals surface area contributed by atoms with Crippen molar-refractivity contribution in [3.8, 4) is 0 Å². The molecule has 0 bridgehead atoms. The molecule has 50 heavy (non-hydrogen) atoms. The van der Waals surface area contributed by atoms with E-state index in [1.807, 2.05) is 0 Å². The van der Waals surface area contributed by atoms with Gasteiger partial charge < -0.3 is 37.2 Å². The normalized spacial score (nSPS) is 16.6. The van der Waals surface area contributed by atoms with E-state index in [9.17, 15) is 0 Å². The molecule has 272 valence electrons. The van der Waals surface area contributed by atoms with Crippen LogP contribution >= 0.6 is 0 Å². The first kappa shape index (κ1) is 47.0. The number of halogens is 3. The Morgan fingerprint density at radius 3 is 0.960 bits per heavy atom. The first-order valence-electron chi connectivity index (χ1n) is 18.6. The Balaban J connectivity index is 0.00000417. The molecular formula is C45H63Cl3SiTi. The van der Waals surface area contributed by atoms with Crippen LogP contribution < -0.4 is 52.8 Å². The fourth-order valence-corrected chi connectivity index (χ4v) is 15.1. The molecule has 2 atom stereocenters. The number of allylic oxidation sites excluding steroid dienone is 4. The summed E-state index contributed by atoms with van der Waals surface area (Å²) in [5, 5.41) is 4.69. The molecule has 0 aliphatic heterocycles. The summed E-state index contributed by atoms with van der Waals surface area (Å²) in [6.07, 6.45) is 9.00. The van der Waals surface area contributed by atoms with Crippen molar-refractivity contribution in [2.24, 2.45) is 5.92 Å². The predicted octanol–water partition coefficient (Wildman–Crippen LogP) is 2.70. The molecule has 0 radical (unpaired) electrons. The smallest absolute Gasteiger partial charge is 1.00 e. The van der Waals surface area contributed by atoms with Crippen molar-refractivity contribution in [3.05, 3.63) is 112 Å². The van der Waals surface area contributed by atoms with Gasteiger partial charge in [-0.2, -0.15) is 0 Å². The van der Waals surface area contributed by atoms with Crippen molar-refractivity contribution in [1.29, 1.82) is 0 Å². The van der Waals surface area contributed by atoms with Crippen molar-refractivity contribution in [1.82, 2.24) is 0 Å². The van der Waals surface area contributed by atoms with Gasteiger partial charge in [0.05, 0.1) is 0 Å². The standard InChI is InChI=1S/C45H63Si.3ClH.Ti/c1-15-34(14)35-16-17-42(21-35)46(43-22-36(28(2)3)18-37(23-43)29(4)5,44-24-38(30(6)7)19-39(25-44)31(8)9)45-26-40(32(10)11)20-41(27-45)33(12)13;;;;/h16-34H,15H2,1-14H3;3*1H;/q;;;;+3/p-3. The maximum atomic E-state index is 2.72. The first-order chi connectivity index (χ1) is 21.9. The van der Waals surface area contributed by atoms with Crippen LogP contribution in [0.25, 0.3) is 0 Å². The number of hydrogen-bond acceptors (Lipinski definition) is 0. The monoisotopic (exact) mass is 784 g/mol. The van der Waals surface area contributed by atoms with Crippen LogP contribution in [-0.2, 0) is 20.4 Å². The summed E-state index contributed by atoms with van der Waals surface area (Å²) in [7, 11) is -2.84. The molecule has 0 spiro atoms. The molecule has 0 heterocycles. The summed E-state index contributed by atoms with van der Waals surface area (Å²) in [6, 6.07) is 23.4. The van der Waals surface area contributed by atoms with Crippen molar-refractivity contribution in [2.75, 3.05) is 0 Å². The molecule has 4 rings (SSSR count). The van der Waals surface area contributed by atoms with E-state index in [4.69, 9.17) is 0 Å². The summed E-state index contributed by atoms with van der Waals surface area (Å²) >= 11 is 2.59. The van der Waals surface area contributed by atoms with Gasteiger partial charge in [-0.1, -0.05) is 0 Å². The molecule has 3 aromatic carbocycles. The van der Waals surface area contributed by atoms with E-state index >= 15 is 0 Å². The minimum atomic E-state index is -2.84. The van der Waals surface area contributed by atoms with Gasteiger partial charge in [-0.25, -0.2) is 0 Å². The van der Waals surface area contributed by atoms with E-state index in [1.54, 1.807) is 15.6 Å². The Kier molecular flexibility index (Phi) is 17.7. The van der Waals surface area contributed by atoms with Crippen molar-refractivity contribution < 1.29 is 57.7 Å². The van der Waals surface area contributed by atoms with Crippen molar-refractivity contribution >= 4 is 23.6 Å². The van der Waals surface area contributed by atoms with E-state index < -0.39 is 8.07 Å². The summed E-state index contributed by atoms with van der Waals surface area (Å²) in [5.41, 5.74) is 10.3. The Labute approximate surface area is 338 Å². The number of hydrogen-bond donors (Lipinski definition) is 0. The fraction of sp³-hybridized carbons (Fsp3) is 0.511. The third-order valence-electron chi connectivity index (χ3n) is 11.0. The van der Waals surface area contributed by atoms with Crippen molar-refractivity contribution in [2.45, 2.75) is 142 Å². The van der Waals surface area contributed by atoms with Gasteiger partial charge in [-0.15, -0.1) is 0 Å². The maximum absolute atomic E-state index is 2.84. The minimum absolute atomic E-state index is 0. The molecule has 2 unspecified atom stereocenters. The van der Waals surface area contributed by atoms with Gasteiger partial charge in [0.15, 0.2) is 0 Å². The van der Waals surface area contributed by atoms with Crippen LogP contribution in [-0.4, -0.2) is 8.07 Å². The average molecular weight is 786 g/mol. The zero-order valence-electron chi connectivity index (χ0n) is 33.3. The van der Waals surface area contributed by atoms with Gasteiger partial charge in [0.25, 0.3) is 0 Å². The summed E-state index contributed by atoms with van der Waals surface area (Å²) < 4.78 is -0.149. The molecule has 0 saturated carbocycles. The van der Waals surface area contributed by atoms with Gasteiger partial charge in [0, 0.05) is 0 Å².